The molecule has 0 bridgehead atoms. The number of nitrogens with zero attached hydrogens (tertiary/aromatic N) is 2. The molecule has 2 aliphatic rings. The van der Waals surface area contributed by atoms with Crippen LogP contribution in [0.2, 0.25) is 0 Å². The first-order chi connectivity index (χ1) is 20.2. The minimum atomic E-state index is -5.23. The summed E-state index contributed by atoms with van der Waals surface area (Å²) in [5.74, 6) is -4.28. The molecule has 0 aromatic heterocycles. The first kappa shape index (κ1) is 28.0. The number of hydrogen-bond acceptors (Lipinski definition) is 5. The Morgan fingerprint density at radius 1 is 0.762 bits per heavy atom. The number of piperazine rings is 1. The molecule has 1 fully saturated rings. The second kappa shape index (κ2) is 11.3. The molecule has 1 amide bonds. The number of carbonyl (C=O) groups is 1. The molecular formula is C31H23F5N2O3S. The van der Waals surface area contributed by atoms with Crippen LogP contribution in [-0.4, -0.2) is 48.4 Å². The topological polar surface area (TPSA) is 42.0 Å². The van der Waals surface area contributed by atoms with Crippen LogP contribution in [0, 0.1) is 11.6 Å². The summed E-state index contributed by atoms with van der Waals surface area (Å²) in [7, 11) is 0. The van der Waals surface area contributed by atoms with Gasteiger partial charge in [0.2, 0.25) is 5.75 Å². The third kappa shape index (κ3) is 5.79. The van der Waals surface area contributed by atoms with Crippen LogP contribution in [0.4, 0.5) is 26.7 Å². The van der Waals surface area contributed by atoms with Crippen LogP contribution in [0.1, 0.15) is 17.2 Å². The first-order valence-corrected chi connectivity index (χ1v) is 13.9. The zero-order valence-corrected chi connectivity index (χ0v) is 22.7. The summed E-state index contributed by atoms with van der Waals surface area (Å²) in [5.41, 5.74) is 2.81. The molecule has 4 aromatic rings. The van der Waals surface area contributed by atoms with E-state index in [4.69, 9.17) is 4.74 Å². The molecule has 0 spiro atoms. The number of carbonyl (C=O) groups excluding carboxylic acids is 1. The number of alkyl halides is 3. The summed E-state index contributed by atoms with van der Waals surface area (Å²) in [4.78, 5) is 19.4. The normalized spacial score (nSPS) is 15.6. The van der Waals surface area contributed by atoms with Crippen LogP contribution in [0.15, 0.2) is 94.7 Å². The maximum Gasteiger partial charge on any atom is 0.573 e. The lowest BCUT2D eigenvalue weighted by Gasteiger charge is -2.41. The lowest BCUT2D eigenvalue weighted by atomic mass is 9.95. The second-order valence-corrected chi connectivity index (χ2v) is 10.9. The molecule has 0 N–H and O–H groups in total. The van der Waals surface area contributed by atoms with Gasteiger partial charge in [-0.25, -0.2) is 13.6 Å². The zero-order valence-electron chi connectivity index (χ0n) is 21.9. The summed E-state index contributed by atoms with van der Waals surface area (Å²) < 4.78 is 74.5. The van der Waals surface area contributed by atoms with Crippen molar-refractivity contribution in [2.45, 2.75) is 22.2 Å². The summed E-state index contributed by atoms with van der Waals surface area (Å²) in [6.07, 6.45) is -5.75. The van der Waals surface area contributed by atoms with Gasteiger partial charge in [-0.05, 0) is 58.7 Å². The van der Waals surface area contributed by atoms with Gasteiger partial charge in [-0.3, -0.25) is 4.90 Å². The average molecular weight is 599 g/mol. The van der Waals surface area contributed by atoms with Crippen LogP contribution in [0.3, 0.4) is 0 Å². The van der Waals surface area contributed by atoms with Crippen LogP contribution >= 0.6 is 11.8 Å². The predicted octanol–water partition coefficient (Wildman–Crippen LogP) is 7.90. The molecule has 0 atom stereocenters. The fourth-order valence-electron chi connectivity index (χ4n) is 5.26. The van der Waals surface area contributed by atoms with Crippen molar-refractivity contribution in [3.05, 3.63) is 108 Å². The summed E-state index contributed by atoms with van der Waals surface area (Å²) >= 11 is 1.77. The van der Waals surface area contributed by atoms with E-state index in [1.165, 1.54) is 45.2 Å². The monoisotopic (exact) mass is 598 g/mol. The Morgan fingerprint density at radius 2 is 1.31 bits per heavy atom. The van der Waals surface area contributed by atoms with Crippen molar-refractivity contribution < 1.29 is 36.2 Å². The number of halogens is 5. The molecule has 11 heteroatoms. The van der Waals surface area contributed by atoms with E-state index >= 15 is 0 Å². The fraction of sp³-hybridized carbons (Fsp3) is 0.194. The van der Waals surface area contributed by atoms with E-state index in [-0.39, 0.29) is 17.4 Å². The molecule has 0 unspecified atom stereocenters. The van der Waals surface area contributed by atoms with Crippen molar-refractivity contribution in [1.29, 1.82) is 0 Å². The molecule has 0 saturated carbocycles. The zero-order chi connectivity index (χ0) is 29.4. The minimum absolute atomic E-state index is 0.00205. The van der Waals surface area contributed by atoms with E-state index in [0.29, 0.717) is 31.7 Å². The first-order valence-electron chi connectivity index (χ1n) is 13.1. The van der Waals surface area contributed by atoms with Gasteiger partial charge in [0.15, 0.2) is 11.6 Å². The maximum absolute atomic E-state index is 14.1. The van der Waals surface area contributed by atoms with Crippen molar-refractivity contribution >= 4 is 17.9 Å². The highest BCUT2D eigenvalue weighted by Crippen LogP contribution is 2.47. The number of ether oxygens (including phenoxy) is 2. The van der Waals surface area contributed by atoms with Gasteiger partial charge in [0.25, 0.3) is 0 Å². The molecule has 1 saturated heterocycles. The molecule has 6 rings (SSSR count). The average Bonchev–Trinajstić information content (AvgIpc) is 2.97. The van der Waals surface area contributed by atoms with E-state index in [1.54, 1.807) is 16.7 Å². The van der Waals surface area contributed by atoms with Crippen LogP contribution < -0.4 is 9.47 Å². The van der Waals surface area contributed by atoms with Crippen molar-refractivity contribution in [3.8, 4) is 22.6 Å². The van der Waals surface area contributed by atoms with Crippen molar-refractivity contribution in [2.75, 3.05) is 26.2 Å². The van der Waals surface area contributed by atoms with Crippen molar-refractivity contribution in [3.63, 3.8) is 0 Å². The molecule has 0 radical (unpaired) electrons. The summed E-state index contributed by atoms with van der Waals surface area (Å²) in [6, 6.07) is 24.1. The standard InChI is InChI=1S/C31H23F5N2O3S/c32-24-17-20(18-25(33)29(24)41-31(34,35)36)19-9-11-21(12-10-19)40-30(39)38-15-13-37(14-16-38)28-22-5-1-3-7-26(22)42-27-8-4-2-6-23(27)28/h1-12,17-18,28H,13-16H2. The molecule has 0 aliphatic carbocycles. The highest BCUT2D eigenvalue weighted by atomic mass is 32.2. The molecule has 216 valence electrons. The largest absolute Gasteiger partial charge is 0.573 e. The Hall–Kier alpha value is -4.09. The maximum atomic E-state index is 14.1. The molecule has 2 aliphatic heterocycles. The van der Waals surface area contributed by atoms with Crippen LogP contribution in [0.5, 0.6) is 11.5 Å². The lowest BCUT2D eigenvalue weighted by Crippen LogP contribution is -2.50. The molecule has 4 aromatic carbocycles. The van der Waals surface area contributed by atoms with E-state index in [1.807, 2.05) is 24.3 Å². The third-order valence-electron chi connectivity index (χ3n) is 7.19. The molecule has 2 heterocycles. The van der Waals surface area contributed by atoms with Crippen molar-refractivity contribution in [2.24, 2.45) is 0 Å². The van der Waals surface area contributed by atoms with Crippen LogP contribution in [-0.2, 0) is 0 Å². The van der Waals surface area contributed by atoms with Gasteiger partial charge >= 0.3 is 12.5 Å². The van der Waals surface area contributed by atoms with Gasteiger partial charge in [-0.2, -0.15) is 0 Å². The van der Waals surface area contributed by atoms with E-state index in [2.05, 4.69) is 33.9 Å². The van der Waals surface area contributed by atoms with E-state index < -0.39 is 29.8 Å². The Bertz CT molecular complexity index is 1550. The highest BCUT2D eigenvalue weighted by Gasteiger charge is 2.35. The Balaban J connectivity index is 1.10. The van der Waals surface area contributed by atoms with Gasteiger partial charge < -0.3 is 14.4 Å². The second-order valence-electron chi connectivity index (χ2n) is 9.81. The quantitative estimate of drug-likeness (QED) is 0.224. The smallest absolute Gasteiger partial charge is 0.410 e. The van der Waals surface area contributed by atoms with E-state index in [0.717, 1.165) is 12.1 Å². The number of amides is 1. The minimum Gasteiger partial charge on any atom is -0.410 e. The van der Waals surface area contributed by atoms with Gasteiger partial charge in [-0.1, -0.05) is 60.3 Å². The van der Waals surface area contributed by atoms with Crippen molar-refractivity contribution in [1.82, 2.24) is 9.80 Å². The van der Waals surface area contributed by atoms with Gasteiger partial charge in [0.05, 0.1) is 6.04 Å². The summed E-state index contributed by atoms with van der Waals surface area (Å²) in [5, 5.41) is 0. The van der Waals surface area contributed by atoms with Gasteiger partial charge in [-0.15, -0.1) is 13.2 Å². The molecule has 42 heavy (non-hydrogen) atoms. The van der Waals surface area contributed by atoms with E-state index in [9.17, 15) is 26.7 Å². The molecule has 5 nitrogen and oxygen atoms in total. The number of rotatable bonds is 4. The number of benzene rings is 4. The SMILES string of the molecule is O=C(Oc1ccc(-c2cc(F)c(OC(F)(F)F)c(F)c2)cc1)N1CCN(C2c3ccccc3Sc3ccccc32)CC1. The van der Waals surface area contributed by atoms with Gasteiger partial charge in [0.1, 0.15) is 5.75 Å². The third-order valence-corrected chi connectivity index (χ3v) is 8.38. The number of fused-ring (bicyclic) bond motifs is 2. The molecular weight excluding hydrogens is 575 g/mol. The Labute approximate surface area is 242 Å². The lowest BCUT2D eigenvalue weighted by molar-refractivity contribution is -0.276. The predicted molar refractivity (Wildman–Crippen MR) is 146 cm³/mol. The fourth-order valence-corrected chi connectivity index (χ4v) is 6.39. The Kier molecular flexibility index (Phi) is 7.54. The summed E-state index contributed by atoms with van der Waals surface area (Å²) in [6.45, 7) is 2.24. The number of hydrogen-bond donors (Lipinski definition) is 0. The van der Waals surface area contributed by atoms with Crippen LogP contribution in [0.25, 0.3) is 11.1 Å². The highest BCUT2D eigenvalue weighted by molar-refractivity contribution is 7.99. The van der Waals surface area contributed by atoms with Gasteiger partial charge in [0, 0.05) is 36.0 Å². The Morgan fingerprint density at radius 3 is 1.86 bits per heavy atom.